The molecule has 0 aliphatic rings. The molecule has 1 aromatic heterocycles. The van der Waals surface area contributed by atoms with Crippen LogP contribution in [-0.2, 0) is 9.59 Å². The van der Waals surface area contributed by atoms with Crippen molar-refractivity contribution >= 4 is 40.4 Å². The van der Waals surface area contributed by atoms with Gasteiger partial charge in [0.25, 0.3) is 0 Å². The predicted octanol–water partition coefficient (Wildman–Crippen LogP) is 2.76. The summed E-state index contributed by atoms with van der Waals surface area (Å²) in [6, 6.07) is 14.2. The number of nitrogens with one attached hydrogen (secondary N) is 2. The molecule has 0 unspecified atom stereocenters. The zero-order valence-electron chi connectivity index (χ0n) is 13.1. The number of carbonyl (C=O) groups excluding carboxylic acids is 1. The van der Waals surface area contributed by atoms with Gasteiger partial charge in [-0.2, -0.15) is 0 Å². The molecule has 25 heavy (non-hydrogen) atoms. The van der Waals surface area contributed by atoms with Crippen LogP contribution in [0.2, 0.25) is 0 Å². The Hall–Kier alpha value is -3.00. The SMILES string of the molecule is O=C(O)COc1ccc(NC(=O)CSc2nc3ccccc3[nH]2)cc1. The van der Waals surface area contributed by atoms with Crippen molar-refractivity contribution in [3.05, 3.63) is 48.5 Å². The topological polar surface area (TPSA) is 104 Å². The van der Waals surface area contributed by atoms with Crippen LogP contribution in [0.1, 0.15) is 0 Å². The lowest BCUT2D eigenvalue weighted by Gasteiger charge is -2.06. The number of aromatic nitrogens is 2. The van der Waals surface area contributed by atoms with E-state index in [4.69, 9.17) is 9.84 Å². The van der Waals surface area contributed by atoms with Gasteiger partial charge in [0.15, 0.2) is 11.8 Å². The summed E-state index contributed by atoms with van der Waals surface area (Å²) in [7, 11) is 0. The van der Waals surface area contributed by atoms with Crippen molar-refractivity contribution in [2.45, 2.75) is 5.16 Å². The third kappa shape index (κ3) is 4.74. The van der Waals surface area contributed by atoms with E-state index in [9.17, 15) is 9.59 Å². The van der Waals surface area contributed by atoms with Crippen molar-refractivity contribution < 1.29 is 19.4 Å². The molecule has 0 fully saturated rings. The van der Waals surface area contributed by atoms with Gasteiger partial charge in [-0.05, 0) is 36.4 Å². The number of rotatable bonds is 7. The summed E-state index contributed by atoms with van der Waals surface area (Å²) in [5, 5.41) is 12.0. The van der Waals surface area contributed by atoms with Crippen LogP contribution >= 0.6 is 11.8 Å². The number of nitrogens with zero attached hydrogens (tertiary/aromatic N) is 1. The fourth-order valence-corrected chi connectivity index (χ4v) is 2.79. The second-order valence-corrected chi connectivity index (χ2v) is 6.07. The average molecular weight is 357 g/mol. The first-order chi connectivity index (χ1) is 12.1. The van der Waals surface area contributed by atoms with Gasteiger partial charge in [0.1, 0.15) is 5.75 Å². The second kappa shape index (κ2) is 7.71. The number of ether oxygens (including phenoxy) is 1. The number of thioether (sulfide) groups is 1. The zero-order chi connectivity index (χ0) is 17.6. The van der Waals surface area contributed by atoms with Crippen LogP contribution in [0.15, 0.2) is 53.7 Å². The predicted molar refractivity (Wildman–Crippen MR) is 95.0 cm³/mol. The summed E-state index contributed by atoms with van der Waals surface area (Å²) < 4.78 is 5.03. The molecule has 0 bridgehead atoms. The Kier molecular flexibility index (Phi) is 5.20. The van der Waals surface area contributed by atoms with Gasteiger partial charge in [0.05, 0.1) is 16.8 Å². The van der Waals surface area contributed by atoms with E-state index in [1.165, 1.54) is 11.8 Å². The number of H-pyrrole nitrogens is 1. The average Bonchev–Trinajstić information content (AvgIpc) is 3.02. The van der Waals surface area contributed by atoms with Gasteiger partial charge in [0, 0.05) is 5.69 Å². The number of hydrogen-bond acceptors (Lipinski definition) is 5. The molecular weight excluding hydrogens is 342 g/mol. The van der Waals surface area contributed by atoms with Gasteiger partial charge in [0.2, 0.25) is 5.91 Å². The summed E-state index contributed by atoms with van der Waals surface area (Å²) in [4.78, 5) is 30.0. The molecule has 1 amide bonds. The van der Waals surface area contributed by atoms with Crippen LogP contribution in [0.4, 0.5) is 5.69 Å². The first-order valence-corrected chi connectivity index (χ1v) is 8.41. The number of aliphatic carboxylic acids is 1. The van der Waals surface area contributed by atoms with Crippen molar-refractivity contribution in [1.82, 2.24) is 9.97 Å². The maximum atomic E-state index is 12.0. The maximum Gasteiger partial charge on any atom is 0.341 e. The van der Waals surface area contributed by atoms with E-state index >= 15 is 0 Å². The molecule has 0 aliphatic carbocycles. The number of aromatic amines is 1. The van der Waals surface area contributed by atoms with Gasteiger partial charge in [-0.15, -0.1) is 0 Å². The smallest absolute Gasteiger partial charge is 0.341 e. The number of anilines is 1. The molecule has 3 rings (SSSR count). The lowest BCUT2D eigenvalue weighted by atomic mass is 10.3. The minimum absolute atomic E-state index is 0.162. The highest BCUT2D eigenvalue weighted by atomic mass is 32.2. The van der Waals surface area contributed by atoms with Crippen molar-refractivity contribution in [2.24, 2.45) is 0 Å². The number of para-hydroxylation sites is 2. The molecule has 3 aromatic rings. The Balaban J connectivity index is 1.51. The third-order valence-corrected chi connectivity index (χ3v) is 4.08. The Morgan fingerprint density at radius 1 is 1.16 bits per heavy atom. The van der Waals surface area contributed by atoms with Crippen molar-refractivity contribution in [2.75, 3.05) is 17.7 Å². The standard InChI is InChI=1S/C17H15N3O4S/c21-15(10-25-17-19-13-3-1-2-4-14(13)20-17)18-11-5-7-12(8-6-11)24-9-16(22)23/h1-8H,9-10H2,(H,18,21)(H,19,20)(H,22,23). The van der Waals surface area contributed by atoms with E-state index in [2.05, 4.69) is 15.3 Å². The number of carboxylic acids is 1. The number of amides is 1. The highest BCUT2D eigenvalue weighted by Gasteiger charge is 2.07. The van der Waals surface area contributed by atoms with Crippen LogP contribution in [0.25, 0.3) is 11.0 Å². The quantitative estimate of drug-likeness (QED) is 0.562. The molecule has 0 saturated carbocycles. The Morgan fingerprint density at radius 2 is 1.92 bits per heavy atom. The minimum Gasteiger partial charge on any atom is -0.482 e. The van der Waals surface area contributed by atoms with Crippen LogP contribution in [0.3, 0.4) is 0 Å². The summed E-state index contributed by atoms with van der Waals surface area (Å²) in [5.74, 6) is -0.557. The largest absolute Gasteiger partial charge is 0.482 e. The fourth-order valence-electron chi connectivity index (χ4n) is 2.11. The van der Waals surface area contributed by atoms with E-state index in [-0.39, 0.29) is 11.7 Å². The van der Waals surface area contributed by atoms with E-state index < -0.39 is 12.6 Å². The maximum absolute atomic E-state index is 12.0. The van der Waals surface area contributed by atoms with Gasteiger partial charge in [-0.3, -0.25) is 4.79 Å². The zero-order valence-corrected chi connectivity index (χ0v) is 13.9. The highest BCUT2D eigenvalue weighted by Crippen LogP contribution is 2.20. The van der Waals surface area contributed by atoms with Crippen molar-refractivity contribution in [3.8, 4) is 5.75 Å². The monoisotopic (exact) mass is 357 g/mol. The van der Waals surface area contributed by atoms with Gasteiger partial charge >= 0.3 is 5.97 Å². The van der Waals surface area contributed by atoms with E-state index in [1.54, 1.807) is 24.3 Å². The number of benzene rings is 2. The molecule has 0 spiro atoms. The molecule has 0 saturated heterocycles. The molecule has 3 N–H and O–H groups in total. The number of fused-ring (bicyclic) bond motifs is 1. The number of hydrogen-bond donors (Lipinski definition) is 3. The van der Waals surface area contributed by atoms with E-state index in [0.717, 1.165) is 11.0 Å². The van der Waals surface area contributed by atoms with Crippen LogP contribution in [0.5, 0.6) is 5.75 Å². The first kappa shape index (κ1) is 16.8. The Morgan fingerprint density at radius 3 is 2.64 bits per heavy atom. The molecule has 1 heterocycles. The van der Waals surface area contributed by atoms with Crippen LogP contribution < -0.4 is 10.1 Å². The molecule has 2 aromatic carbocycles. The summed E-state index contributed by atoms with van der Waals surface area (Å²) in [6.45, 7) is -0.403. The molecule has 0 radical (unpaired) electrons. The number of imidazole rings is 1. The summed E-state index contributed by atoms with van der Waals surface area (Å²) >= 11 is 1.32. The highest BCUT2D eigenvalue weighted by molar-refractivity contribution is 7.99. The first-order valence-electron chi connectivity index (χ1n) is 7.42. The number of carboxylic acid groups (broad SMARTS) is 1. The third-order valence-electron chi connectivity index (χ3n) is 3.21. The molecule has 7 nitrogen and oxygen atoms in total. The number of carbonyl (C=O) groups is 2. The fraction of sp³-hybridized carbons (Fsp3) is 0.118. The van der Waals surface area contributed by atoms with Crippen LogP contribution in [0, 0.1) is 0 Å². The van der Waals surface area contributed by atoms with E-state index in [1.807, 2.05) is 24.3 Å². The lowest BCUT2D eigenvalue weighted by molar-refractivity contribution is -0.139. The molecule has 0 atom stereocenters. The Labute approximate surface area is 147 Å². The van der Waals surface area contributed by atoms with Crippen molar-refractivity contribution in [1.29, 1.82) is 0 Å². The summed E-state index contributed by atoms with van der Waals surface area (Å²) in [6.07, 6.45) is 0. The normalized spacial score (nSPS) is 10.6. The second-order valence-electron chi connectivity index (χ2n) is 5.10. The molecular formula is C17H15N3O4S. The van der Waals surface area contributed by atoms with Gasteiger partial charge in [-0.25, -0.2) is 9.78 Å². The Bertz CT molecular complexity index is 859. The molecule has 128 valence electrons. The summed E-state index contributed by atoms with van der Waals surface area (Å²) in [5.41, 5.74) is 2.41. The van der Waals surface area contributed by atoms with Crippen molar-refractivity contribution in [3.63, 3.8) is 0 Å². The lowest BCUT2D eigenvalue weighted by Crippen LogP contribution is -2.14. The van der Waals surface area contributed by atoms with E-state index in [0.29, 0.717) is 16.6 Å². The van der Waals surface area contributed by atoms with Gasteiger partial charge < -0.3 is 20.1 Å². The molecule has 8 heteroatoms. The minimum atomic E-state index is -1.04. The van der Waals surface area contributed by atoms with Crippen LogP contribution in [-0.4, -0.2) is 39.3 Å². The molecule has 0 aliphatic heterocycles. The van der Waals surface area contributed by atoms with Gasteiger partial charge in [-0.1, -0.05) is 23.9 Å².